The fourth-order valence-corrected chi connectivity index (χ4v) is 2.93. The highest BCUT2D eigenvalue weighted by Crippen LogP contribution is 2.42. The van der Waals surface area contributed by atoms with Crippen molar-refractivity contribution in [2.24, 2.45) is 5.92 Å². The molecule has 1 fully saturated rings. The fraction of sp³-hybridized carbons (Fsp3) is 0.714. The maximum absolute atomic E-state index is 5.58. The Hall–Kier alpha value is -0.380. The molecule has 0 spiro atoms. The molecule has 0 radical (unpaired) electrons. The highest BCUT2D eigenvalue weighted by molar-refractivity contribution is 7.10. The maximum atomic E-state index is 5.58. The van der Waals surface area contributed by atoms with Gasteiger partial charge in [0.25, 0.3) is 0 Å². The molecule has 0 bridgehead atoms. The number of thiophene rings is 1. The number of rotatable bonds is 9. The van der Waals surface area contributed by atoms with Crippen LogP contribution in [0, 0.1) is 5.92 Å². The van der Waals surface area contributed by atoms with Gasteiger partial charge in [-0.1, -0.05) is 19.4 Å². The standard InChI is InChI=1S/C14H23NOS/c1-2-3-9-16-10-8-15-14(12-6-7-12)13-5-4-11-17-13/h4-5,11-12,14-15H,2-3,6-10H2,1H3. The predicted octanol–water partition coefficient (Wildman–Crippen LogP) is 3.61. The average Bonchev–Trinajstić information content (AvgIpc) is 3.03. The molecule has 1 aromatic heterocycles. The van der Waals surface area contributed by atoms with Crippen molar-refractivity contribution >= 4 is 11.3 Å². The van der Waals surface area contributed by atoms with E-state index in [2.05, 4.69) is 29.8 Å². The van der Waals surface area contributed by atoms with Crippen molar-refractivity contribution in [1.29, 1.82) is 0 Å². The second kappa shape index (κ2) is 7.14. The smallest absolute Gasteiger partial charge is 0.0591 e. The van der Waals surface area contributed by atoms with Gasteiger partial charge in [-0.2, -0.15) is 0 Å². The molecule has 1 saturated carbocycles. The Balaban J connectivity index is 1.65. The van der Waals surface area contributed by atoms with Gasteiger partial charge in [-0.25, -0.2) is 0 Å². The van der Waals surface area contributed by atoms with E-state index in [-0.39, 0.29) is 0 Å². The van der Waals surface area contributed by atoms with Crippen LogP contribution in [0.15, 0.2) is 17.5 Å². The summed E-state index contributed by atoms with van der Waals surface area (Å²) < 4.78 is 5.58. The van der Waals surface area contributed by atoms with Gasteiger partial charge in [-0.15, -0.1) is 11.3 Å². The van der Waals surface area contributed by atoms with E-state index < -0.39 is 0 Å². The molecule has 96 valence electrons. The molecule has 0 aliphatic heterocycles. The van der Waals surface area contributed by atoms with Gasteiger partial charge >= 0.3 is 0 Å². The Morgan fingerprint density at radius 1 is 1.47 bits per heavy atom. The molecule has 3 heteroatoms. The average molecular weight is 253 g/mol. The summed E-state index contributed by atoms with van der Waals surface area (Å²) in [6.07, 6.45) is 5.16. The molecule has 1 aliphatic carbocycles. The number of hydrogen-bond donors (Lipinski definition) is 1. The molecule has 1 unspecified atom stereocenters. The quantitative estimate of drug-likeness (QED) is 0.679. The van der Waals surface area contributed by atoms with Crippen LogP contribution in [0.2, 0.25) is 0 Å². The minimum absolute atomic E-state index is 0.574. The molecule has 1 heterocycles. The number of hydrogen-bond acceptors (Lipinski definition) is 3. The summed E-state index contributed by atoms with van der Waals surface area (Å²) >= 11 is 1.87. The van der Waals surface area contributed by atoms with Crippen molar-refractivity contribution in [3.05, 3.63) is 22.4 Å². The Labute approximate surface area is 108 Å². The molecule has 0 saturated heterocycles. The summed E-state index contributed by atoms with van der Waals surface area (Å²) in [7, 11) is 0. The Morgan fingerprint density at radius 2 is 2.35 bits per heavy atom. The van der Waals surface area contributed by atoms with Gasteiger partial charge in [-0.05, 0) is 36.6 Å². The van der Waals surface area contributed by atoms with E-state index in [4.69, 9.17) is 4.74 Å². The van der Waals surface area contributed by atoms with E-state index in [0.29, 0.717) is 6.04 Å². The fourth-order valence-electron chi connectivity index (χ4n) is 2.03. The highest BCUT2D eigenvalue weighted by Gasteiger charge is 2.32. The van der Waals surface area contributed by atoms with Crippen LogP contribution in [-0.4, -0.2) is 19.8 Å². The SMILES string of the molecule is CCCCOCCNC(c1cccs1)C1CC1. The van der Waals surface area contributed by atoms with Gasteiger partial charge < -0.3 is 10.1 Å². The van der Waals surface area contributed by atoms with E-state index in [1.165, 1.54) is 30.6 Å². The highest BCUT2D eigenvalue weighted by atomic mass is 32.1. The molecule has 1 aliphatic rings. The lowest BCUT2D eigenvalue weighted by molar-refractivity contribution is 0.130. The van der Waals surface area contributed by atoms with Crippen LogP contribution in [0.25, 0.3) is 0 Å². The molecule has 1 atom stereocenters. The van der Waals surface area contributed by atoms with Crippen LogP contribution in [-0.2, 0) is 4.74 Å². The first-order chi connectivity index (χ1) is 8.42. The van der Waals surface area contributed by atoms with Crippen molar-refractivity contribution in [2.75, 3.05) is 19.8 Å². The zero-order chi connectivity index (χ0) is 11.9. The Bertz CT molecular complexity index is 295. The van der Waals surface area contributed by atoms with Gasteiger partial charge in [0.15, 0.2) is 0 Å². The first kappa shape index (κ1) is 13.1. The molecule has 1 aromatic rings. The van der Waals surface area contributed by atoms with Crippen LogP contribution in [0.4, 0.5) is 0 Å². The summed E-state index contributed by atoms with van der Waals surface area (Å²) in [4.78, 5) is 1.49. The van der Waals surface area contributed by atoms with Crippen LogP contribution in [0.5, 0.6) is 0 Å². The van der Waals surface area contributed by atoms with E-state index >= 15 is 0 Å². The molecule has 1 N–H and O–H groups in total. The van der Waals surface area contributed by atoms with E-state index in [0.717, 1.165) is 25.7 Å². The largest absolute Gasteiger partial charge is 0.380 e. The summed E-state index contributed by atoms with van der Waals surface area (Å²) in [5.74, 6) is 0.865. The van der Waals surface area contributed by atoms with Crippen LogP contribution < -0.4 is 5.32 Å². The van der Waals surface area contributed by atoms with Crippen LogP contribution >= 0.6 is 11.3 Å². The van der Waals surface area contributed by atoms with E-state index in [9.17, 15) is 0 Å². The maximum Gasteiger partial charge on any atom is 0.0591 e. The number of nitrogens with one attached hydrogen (secondary N) is 1. The minimum atomic E-state index is 0.574. The normalized spacial score (nSPS) is 17.2. The van der Waals surface area contributed by atoms with Crippen molar-refractivity contribution in [3.8, 4) is 0 Å². The topological polar surface area (TPSA) is 21.3 Å². The summed E-state index contributed by atoms with van der Waals surface area (Å²) in [5, 5.41) is 5.82. The zero-order valence-corrected chi connectivity index (χ0v) is 11.5. The lowest BCUT2D eigenvalue weighted by atomic mass is 10.1. The third-order valence-corrected chi connectivity index (χ3v) is 4.15. The second-order valence-corrected chi connectivity index (χ2v) is 5.73. The predicted molar refractivity (Wildman–Crippen MR) is 73.5 cm³/mol. The summed E-state index contributed by atoms with van der Waals surface area (Å²) in [6.45, 7) is 4.92. The molecular weight excluding hydrogens is 230 g/mol. The summed E-state index contributed by atoms with van der Waals surface area (Å²) in [6, 6.07) is 4.97. The van der Waals surface area contributed by atoms with Gasteiger partial charge in [-0.3, -0.25) is 0 Å². The van der Waals surface area contributed by atoms with Gasteiger partial charge in [0.2, 0.25) is 0 Å². The molecule has 2 rings (SSSR count). The Kier molecular flexibility index (Phi) is 5.49. The van der Waals surface area contributed by atoms with Gasteiger partial charge in [0, 0.05) is 24.1 Å². The molecular formula is C14H23NOS. The third kappa shape index (κ3) is 4.41. The lowest BCUT2D eigenvalue weighted by Crippen LogP contribution is -2.26. The molecule has 17 heavy (non-hydrogen) atoms. The number of unbranched alkanes of at least 4 members (excludes halogenated alkanes) is 1. The lowest BCUT2D eigenvalue weighted by Gasteiger charge is -2.16. The zero-order valence-electron chi connectivity index (χ0n) is 10.7. The minimum Gasteiger partial charge on any atom is -0.380 e. The molecule has 0 aromatic carbocycles. The molecule has 2 nitrogen and oxygen atoms in total. The number of ether oxygens (including phenoxy) is 1. The summed E-state index contributed by atoms with van der Waals surface area (Å²) in [5.41, 5.74) is 0. The van der Waals surface area contributed by atoms with Crippen LogP contribution in [0.1, 0.15) is 43.5 Å². The Morgan fingerprint density at radius 3 is 3.00 bits per heavy atom. The van der Waals surface area contributed by atoms with Gasteiger partial charge in [0.1, 0.15) is 0 Å². The third-order valence-electron chi connectivity index (χ3n) is 3.20. The monoisotopic (exact) mass is 253 g/mol. The van der Waals surface area contributed by atoms with E-state index in [1.807, 2.05) is 11.3 Å². The first-order valence-electron chi connectivity index (χ1n) is 6.76. The van der Waals surface area contributed by atoms with Crippen molar-refractivity contribution < 1.29 is 4.74 Å². The van der Waals surface area contributed by atoms with Crippen molar-refractivity contribution in [2.45, 2.75) is 38.6 Å². The first-order valence-corrected chi connectivity index (χ1v) is 7.64. The molecule has 0 amide bonds. The van der Waals surface area contributed by atoms with E-state index in [1.54, 1.807) is 0 Å². The van der Waals surface area contributed by atoms with Crippen molar-refractivity contribution in [3.63, 3.8) is 0 Å². The second-order valence-electron chi connectivity index (χ2n) is 4.75. The van der Waals surface area contributed by atoms with Crippen LogP contribution in [0.3, 0.4) is 0 Å². The van der Waals surface area contributed by atoms with Gasteiger partial charge in [0.05, 0.1) is 6.61 Å². The van der Waals surface area contributed by atoms with Crippen molar-refractivity contribution in [1.82, 2.24) is 5.32 Å².